The molecule has 0 spiro atoms. The van der Waals surface area contributed by atoms with Gasteiger partial charge in [0.2, 0.25) is 5.79 Å². The van der Waals surface area contributed by atoms with Crippen LogP contribution in [0, 0.1) is 0 Å². The van der Waals surface area contributed by atoms with Crippen LogP contribution in [0.25, 0.3) is 0 Å². The molecule has 1 saturated heterocycles. The number of rotatable bonds is 4. The summed E-state index contributed by atoms with van der Waals surface area (Å²) in [4.78, 5) is 10.6. The fourth-order valence-electron chi connectivity index (χ4n) is 1.72. The van der Waals surface area contributed by atoms with Crippen LogP contribution in [-0.4, -0.2) is 74.7 Å². The van der Waals surface area contributed by atoms with E-state index in [2.05, 4.69) is 0 Å². The van der Waals surface area contributed by atoms with Gasteiger partial charge in [0.25, 0.3) is 0 Å². The maximum Gasteiger partial charge on any atom is 0.226 e. The molecule has 100 valence electrons. The molecule has 1 rings (SSSR count). The van der Waals surface area contributed by atoms with Crippen molar-refractivity contribution in [2.75, 3.05) is 6.61 Å². The Hall–Kier alpha value is -0.610. The summed E-state index contributed by atoms with van der Waals surface area (Å²) in [7, 11) is 0. The van der Waals surface area contributed by atoms with Crippen LogP contribution in [0.5, 0.6) is 0 Å². The fourth-order valence-corrected chi connectivity index (χ4v) is 1.72. The van der Waals surface area contributed by atoms with E-state index in [0.717, 1.165) is 0 Å². The van der Waals surface area contributed by atoms with Gasteiger partial charge in [-0.1, -0.05) is 0 Å². The van der Waals surface area contributed by atoms with E-state index in [1.165, 1.54) is 0 Å². The lowest BCUT2D eigenvalue weighted by atomic mass is 9.90. The number of aliphatic hydroxyl groups excluding tert-OH is 4. The van der Waals surface area contributed by atoms with Gasteiger partial charge in [-0.3, -0.25) is 4.79 Å². The summed E-state index contributed by atoms with van der Waals surface area (Å²) < 4.78 is 4.87. The van der Waals surface area contributed by atoms with Crippen LogP contribution in [0.4, 0.5) is 0 Å². The number of carbonyl (C=O) groups is 1. The van der Waals surface area contributed by atoms with Crippen molar-refractivity contribution < 1.29 is 35.1 Å². The normalized spacial score (nSPS) is 41.9. The van der Waals surface area contributed by atoms with Crippen molar-refractivity contribution in [3.8, 4) is 0 Å². The van der Waals surface area contributed by atoms with Gasteiger partial charge in [-0.15, -0.1) is 0 Å². The predicted molar refractivity (Wildman–Crippen MR) is 53.6 cm³/mol. The molecule has 0 aliphatic carbocycles. The molecule has 0 aromatic heterocycles. The molecule has 8 heteroatoms. The van der Waals surface area contributed by atoms with Crippen LogP contribution in [0.3, 0.4) is 0 Å². The number of hydrogen-bond acceptors (Lipinski definition) is 8. The summed E-state index contributed by atoms with van der Waals surface area (Å²) >= 11 is 0. The van der Waals surface area contributed by atoms with Crippen molar-refractivity contribution in [3.63, 3.8) is 0 Å². The second-order valence-corrected chi connectivity index (χ2v) is 4.13. The van der Waals surface area contributed by atoms with Gasteiger partial charge in [-0.2, -0.15) is 0 Å². The molecular formula is C9H17NO7. The molecular weight excluding hydrogens is 234 g/mol. The van der Waals surface area contributed by atoms with Crippen LogP contribution >= 0.6 is 0 Å². The Balaban J connectivity index is 2.85. The van der Waals surface area contributed by atoms with Crippen molar-refractivity contribution >= 4 is 6.29 Å². The first-order valence-corrected chi connectivity index (χ1v) is 5.12. The molecule has 1 aliphatic heterocycles. The Morgan fingerprint density at radius 2 is 2.12 bits per heavy atom. The van der Waals surface area contributed by atoms with Crippen LogP contribution in [0.1, 0.15) is 6.42 Å². The first-order chi connectivity index (χ1) is 7.84. The first-order valence-electron chi connectivity index (χ1n) is 5.12. The third kappa shape index (κ3) is 2.99. The third-order valence-corrected chi connectivity index (χ3v) is 2.77. The summed E-state index contributed by atoms with van der Waals surface area (Å²) in [5, 5.41) is 46.6. The summed E-state index contributed by atoms with van der Waals surface area (Å²) in [5.41, 5.74) is 5.54. The smallest absolute Gasteiger partial charge is 0.226 e. The molecule has 1 unspecified atom stereocenters. The number of aldehydes is 1. The molecule has 0 amide bonds. The Kier molecular flexibility index (Phi) is 4.55. The molecule has 1 fully saturated rings. The molecule has 17 heavy (non-hydrogen) atoms. The van der Waals surface area contributed by atoms with Crippen LogP contribution in [0.2, 0.25) is 0 Å². The van der Waals surface area contributed by atoms with Gasteiger partial charge in [-0.25, -0.2) is 0 Å². The van der Waals surface area contributed by atoms with Gasteiger partial charge < -0.3 is 36.0 Å². The zero-order valence-corrected chi connectivity index (χ0v) is 9.01. The second-order valence-electron chi connectivity index (χ2n) is 4.13. The van der Waals surface area contributed by atoms with Gasteiger partial charge in [-0.05, 0) is 0 Å². The van der Waals surface area contributed by atoms with Gasteiger partial charge in [0.1, 0.15) is 18.3 Å². The average molecular weight is 251 g/mol. The van der Waals surface area contributed by atoms with Crippen molar-refractivity contribution in [2.24, 2.45) is 5.73 Å². The first kappa shape index (κ1) is 14.5. The van der Waals surface area contributed by atoms with Crippen molar-refractivity contribution in [1.29, 1.82) is 0 Å². The largest absolute Gasteiger partial charge is 0.394 e. The molecule has 0 bridgehead atoms. The van der Waals surface area contributed by atoms with Crippen LogP contribution in [-0.2, 0) is 9.53 Å². The van der Waals surface area contributed by atoms with Gasteiger partial charge in [0.15, 0.2) is 6.29 Å². The van der Waals surface area contributed by atoms with E-state index in [0.29, 0.717) is 0 Å². The van der Waals surface area contributed by atoms with Crippen molar-refractivity contribution in [3.05, 3.63) is 0 Å². The summed E-state index contributed by atoms with van der Waals surface area (Å²) in [6.07, 6.45) is -6.16. The maximum atomic E-state index is 10.6. The zero-order chi connectivity index (χ0) is 13.2. The Bertz CT molecular complexity index is 276. The Morgan fingerprint density at radius 3 is 2.59 bits per heavy atom. The van der Waals surface area contributed by atoms with Crippen molar-refractivity contribution in [2.45, 2.75) is 42.7 Å². The van der Waals surface area contributed by atoms with Gasteiger partial charge in [0.05, 0.1) is 18.8 Å². The number of ether oxygens (including phenoxy) is 1. The monoisotopic (exact) mass is 251 g/mol. The molecule has 0 saturated carbocycles. The average Bonchev–Trinajstić information content (AvgIpc) is 2.32. The number of hydrogen-bond donors (Lipinski definition) is 6. The molecule has 6 atom stereocenters. The highest BCUT2D eigenvalue weighted by molar-refractivity contribution is 5.60. The lowest BCUT2D eigenvalue weighted by Gasteiger charge is -2.42. The van der Waals surface area contributed by atoms with E-state index in [1.54, 1.807) is 0 Å². The summed E-state index contributed by atoms with van der Waals surface area (Å²) in [6.45, 7) is -0.747. The Labute approximate surface area is 97.2 Å². The number of aliphatic hydroxyl groups is 5. The molecule has 8 nitrogen and oxygen atoms in total. The standard InChI is InChI=1S/C9H17NO7/c10-6-4(13)1-9(16,3-12)17-8(6)7(15)5(14)2-11/h3-8,11,13-16H,1-2,10H2/t4-,5+,6+,7+,8+,9?/m0/s1. The molecule has 7 N–H and O–H groups in total. The minimum absolute atomic E-state index is 0.0765. The number of carbonyl (C=O) groups excluding carboxylic acids is 1. The van der Waals surface area contributed by atoms with E-state index in [9.17, 15) is 25.2 Å². The van der Waals surface area contributed by atoms with Crippen molar-refractivity contribution in [1.82, 2.24) is 0 Å². The highest BCUT2D eigenvalue weighted by Crippen LogP contribution is 2.27. The molecule has 0 aromatic rings. The van der Waals surface area contributed by atoms with E-state index in [-0.39, 0.29) is 6.29 Å². The van der Waals surface area contributed by atoms with E-state index >= 15 is 0 Å². The summed E-state index contributed by atoms with van der Waals surface area (Å²) in [6, 6.07) is -1.09. The van der Waals surface area contributed by atoms with Gasteiger partial charge in [0, 0.05) is 6.42 Å². The molecule has 1 aliphatic rings. The quantitative estimate of drug-likeness (QED) is 0.277. The third-order valence-electron chi connectivity index (χ3n) is 2.77. The van der Waals surface area contributed by atoms with E-state index < -0.39 is 49.3 Å². The molecule has 0 radical (unpaired) electrons. The summed E-state index contributed by atoms with van der Waals surface area (Å²) in [5.74, 6) is -2.25. The SMILES string of the molecule is N[C@H]1[C@H]([C@H](O)[C@H](O)CO)OC(O)(C=O)C[C@@H]1O. The lowest BCUT2D eigenvalue weighted by molar-refractivity contribution is -0.277. The maximum absolute atomic E-state index is 10.6. The molecule has 0 aromatic carbocycles. The topological polar surface area (TPSA) is 153 Å². The lowest BCUT2D eigenvalue weighted by Crippen LogP contribution is -2.64. The van der Waals surface area contributed by atoms with Crippen LogP contribution in [0.15, 0.2) is 0 Å². The Morgan fingerprint density at radius 1 is 1.53 bits per heavy atom. The molecule has 1 heterocycles. The fraction of sp³-hybridized carbons (Fsp3) is 0.889. The van der Waals surface area contributed by atoms with Gasteiger partial charge >= 0.3 is 0 Å². The number of nitrogens with two attached hydrogens (primary N) is 1. The minimum atomic E-state index is -2.25. The predicted octanol–water partition coefficient (Wildman–Crippen LogP) is -3.93. The zero-order valence-electron chi connectivity index (χ0n) is 9.01. The highest BCUT2D eigenvalue weighted by atomic mass is 16.6. The van der Waals surface area contributed by atoms with E-state index in [4.69, 9.17) is 15.6 Å². The van der Waals surface area contributed by atoms with E-state index in [1.807, 2.05) is 0 Å². The highest BCUT2D eigenvalue weighted by Gasteiger charge is 2.48. The second kappa shape index (κ2) is 5.36. The minimum Gasteiger partial charge on any atom is -0.394 e. The van der Waals surface area contributed by atoms with Crippen LogP contribution < -0.4 is 5.73 Å².